The van der Waals surface area contributed by atoms with E-state index >= 15 is 0 Å². The number of aromatic carboxylic acids is 1. The van der Waals surface area contributed by atoms with Crippen LogP contribution in [0.1, 0.15) is 16.1 Å². The van der Waals surface area contributed by atoms with Crippen LogP contribution in [0.5, 0.6) is 0 Å². The van der Waals surface area contributed by atoms with Crippen LogP contribution in [0, 0.1) is 0 Å². The molecule has 0 unspecified atom stereocenters. The molecule has 1 fully saturated rings. The smallest absolute Gasteiger partial charge is 0.335 e. The van der Waals surface area contributed by atoms with E-state index in [0.29, 0.717) is 32.3 Å². The Hall–Kier alpha value is -3.55. The summed E-state index contributed by atoms with van der Waals surface area (Å²) in [6, 6.07) is 17.1. The molecule has 0 radical (unpaired) electrons. The van der Waals surface area contributed by atoms with Crippen molar-refractivity contribution in [3.8, 4) is 11.3 Å². The summed E-state index contributed by atoms with van der Waals surface area (Å²) in [5, 5.41) is 10.2. The molecular weight excluding hydrogens is 448 g/mol. The molecule has 8 heteroatoms. The van der Waals surface area contributed by atoms with Gasteiger partial charge in [-0.3, -0.25) is 9.69 Å². The molecule has 6 nitrogen and oxygen atoms in total. The van der Waals surface area contributed by atoms with Gasteiger partial charge in [-0.15, -0.1) is 6.58 Å². The standard InChI is InChI=1S/C24H17ClN2O4S/c1-2-11-27-22(28)21(32-24(27)26-18-8-4-6-16(13-18)23(29)30)14-19-9-10-20(31-19)15-5-3-7-17(25)12-15/h2-10,12-14H,1,11H2,(H,29,30)/b21-14+,26-24?. The van der Waals surface area contributed by atoms with E-state index in [1.165, 1.54) is 28.8 Å². The lowest BCUT2D eigenvalue weighted by Gasteiger charge is -2.12. The Morgan fingerprint density at radius 1 is 1.19 bits per heavy atom. The Labute approximate surface area is 193 Å². The fourth-order valence-corrected chi connectivity index (χ4v) is 4.24. The van der Waals surface area contributed by atoms with Gasteiger partial charge in [0.1, 0.15) is 11.5 Å². The quantitative estimate of drug-likeness (QED) is 0.352. The lowest BCUT2D eigenvalue weighted by Crippen LogP contribution is -2.29. The molecule has 2 heterocycles. The Bertz CT molecular complexity index is 1280. The molecular formula is C24H17ClN2O4S. The summed E-state index contributed by atoms with van der Waals surface area (Å²) in [6.07, 6.45) is 3.27. The second kappa shape index (κ2) is 9.30. The fraction of sp³-hybridized carbons (Fsp3) is 0.0417. The number of hydrogen-bond donors (Lipinski definition) is 1. The SMILES string of the molecule is C=CCN1C(=O)/C(=C\c2ccc(-c3cccc(Cl)c3)o2)SC1=Nc1cccc(C(=O)O)c1. The molecule has 1 saturated heterocycles. The first-order valence-corrected chi connectivity index (χ1v) is 10.7. The van der Waals surface area contributed by atoms with Gasteiger partial charge in [0.05, 0.1) is 16.2 Å². The highest BCUT2D eigenvalue weighted by Gasteiger charge is 2.33. The van der Waals surface area contributed by atoms with E-state index in [-0.39, 0.29) is 18.0 Å². The van der Waals surface area contributed by atoms with Crippen molar-refractivity contribution < 1.29 is 19.1 Å². The van der Waals surface area contributed by atoms with Gasteiger partial charge in [-0.2, -0.15) is 0 Å². The van der Waals surface area contributed by atoms with Gasteiger partial charge in [0.25, 0.3) is 5.91 Å². The topological polar surface area (TPSA) is 83.1 Å². The lowest BCUT2D eigenvalue weighted by molar-refractivity contribution is -0.121. The highest BCUT2D eigenvalue weighted by atomic mass is 35.5. The van der Waals surface area contributed by atoms with Gasteiger partial charge in [0.2, 0.25) is 0 Å². The molecule has 1 amide bonds. The summed E-state index contributed by atoms with van der Waals surface area (Å²) in [4.78, 5) is 30.6. The summed E-state index contributed by atoms with van der Waals surface area (Å²) in [5.74, 6) is -0.122. The van der Waals surface area contributed by atoms with Crippen LogP contribution in [0.3, 0.4) is 0 Å². The van der Waals surface area contributed by atoms with Gasteiger partial charge in [0.15, 0.2) is 5.17 Å². The van der Waals surface area contributed by atoms with Crippen molar-refractivity contribution in [1.82, 2.24) is 4.90 Å². The molecule has 4 rings (SSSR count). The third kappa shape index (κ3) is 4.69. The number of aliphatic imine (C=N–C) groups is 1. The Balaban J connectivity index is 1.64. The van der Waals surface area contributed by atoms with Crippen LogP contribution in [0.4, 0.5) is 5.69 Å². The summed E-state index contributed by atoms with van der Waals surface area (Å²) >= 11 is 7.24. The van der Waals surface area contributed by atoms with E-state index in [9.17, 15) is 14.7 Å². The number of halogens is 1. The number of carboxylic acids is 1. The lowest BCUT2D eigenvalue weighted by atomic mass is 10.2. The van der Waals surface area contributed by atoms with Gasteiger partial charge in [0, 0.05) is 23.2 Å². The third-order valence-electron chi connectivity index (χ3n) is 4.53. The molecule has 32 heavy (non-hydrogen) atoms. The monoisotopic (exact) mass is 464 g/mol. The van der Waals surface area contributed by atoms with Crippen molar-refractivity contribution >= 4 is 52.2 Å². The average molecular weight is 465 g/mol. The maximum Gasteiger partial charge on any atom is 0.335 e. The zero-order valence-electron chi connectivity index (χ0n) is 16.7. The number of carboxylic acid groups (broad SMARTS) is 1. The van der Waals surface area contributed by atoms with Crippen LogP contribution in [0.25, 0.3) is 17.4 Å². The second-order valence-corrected chi connectivity index (χ2v) is 8.22. The van der Waals surface area contributed by atoms with Gasteiger partial charge < -0.3 is 9.52 Å². The second-order valence-electron chi connectivity index (χ2n) is 6.78. The van der Waals surface area contributed by atoms with E-state index in [1.807, 2.05) is 18.2 Å². The number of hydrogen-bond acceptors (Lipinski definition) is 5. The number of carbonyl (C=O) groups is 2. The van der Waals surface area contributed by atoms with Crippen molar-refractivity contribution in [1.29, 1.82) is 0 Å². The number of rotatable bonds is 6. The molecule has 0 atom stereocenters. The number of benzene rings is 2. The average Bonchev–Trinajstić information content (AvgIpc) is 3.35. The molecule has 1 N–H and O–H groups in total. The van der Waals surface area contributed by atoms with Gasteiger partial charge in [-0.1, -0.05) is 35.9 Å². The van der Waals surface area contributed by atoms with Crippen LogP contribution in [0.2, 0.25) is 5.02 Å². The van der Waals surface area contributed by atoms with Crippen molar-refractivity contribution in [2.75, 3.05) is 6.54 Å². The largest absolute Gasteiger partial charge is 0.478 e. The highest BCUT2D eigenvalue weighted by Crippen LogP contribution is 2.35. The van der Waals surface area contributed by atoms with Gasteiger partial charge in [-0.25, -0.2) is 9.79 Å². The van der Waals surface area contributed by atoms with Crippen LogP contribution in [-0.2, 0) is 4.79 Å². The minimum Gasteiger partial charge on any atom is -0.478 e. The predicted octanol–water partition coefficient (Wildman–Crippen LogP) is 6.09. The number of thioether (sulfide) groups is 1. The first-order chi connectivity index (χ1) is 15.4. The maximum absolute atomic E-state index is 13.0. The van der Waals surface area contributed by atoms with Crippen molar-refractivity contribution in [2.24, 2.45) is 4.99 Å². The van der Waals surface area contributed by atoms with Gasteiger partial charge >= 0.3 is 5.97 Å². The van der Waals surface area contributed by atoms with Gasteiger partial charge in [-0.05, 0) is 54.2 Å². The Kier molecular flexibility index (Phi) is 6.30. The molecule has 1 aliphatic heterocycles. The fourth-order valence-electron chi connectivity index (χ4n) is 3.06. The highest BCUT2D eigenvalue weighted by molar-refractivity contribution is 8.18. The van der Waals surface area contributed by atoms with Crippen molar-refractivity contribution in [3.63, 3.8) is 0 Å². The number of nitrogens with zero attached hydrogens (tertiary/aromatic N) is 2. The molecule has 0 spiro atoms. The molecule has 0 saturated carbocycles. The maximum atomic E-state index is 13.0. The van der Waals surface area contributed by atoms with E-state index < -0.39 is 5.97 Å². The molecule has 0 aliphatic carbocycles. The Morgan fingerprint density at radius 3 is 2.75 bits per heavy atom. The van der Waals surface area contributed by atoms with E-state index in [0.717, 1.165) is 5.56 Å². The number of amides is 1. The van der Waals surface area contributed by atoms with Crippen molar-refractivity contribution in [3.05, 3.63) is 94.6 Å². The van der Waals surface area contributed by atoms with Crippen LogP contribution in [-0.4, -0.2) is 33.6 Å². The number of carbonyl (C=O) groups excluding carboxylic acids is 1. The summed E-state index contributed by atoms with van der Waals surface area (Å²) in [5.41, 5.74) is 1.40. The molecule has 160 valence electrons. The molecule has 1 aliphatic rings. The number of amidine groups is 1. The summed E-state index contributed by atoms with van der Waals surface area (Å²) < 4.78 is 5.88. The van der Waals surface area contributed by atoms with E-state index in [1.54, 1.807) is 42.5 Å². The molecule has 0 bridgehead atoms. The molecule has 2 aromatic carbocycles. The normalized spacial score (nSPS) is 16.2. The summed E-state index contributed by atoms with van der Waals surface area (Å²) in [7, 11) is 0. The van der Waals surface area contributed by atoms with Crippen LogP contribution in [0.15, 0.2) is 87.6 Å². The van der Waals surface area contributed by atoms with E-state index in [4.69, 9.17) is 16.0 Å². The molecule has 1 aromatic heterocycles. The number of furan rings is 1. The Morgan fingerprint density at radius 2 is 2.00 bits per heavy atom. The van der Waals surface area contributed by atoms with Crippen molar-refractivity contribution in [2.45, 2.75) is 0 Å². The minimum absolute atomic E-state index is 0.122. The summed E-state index contributed by atoms with van der Waals surface area (Å²) in [6.45, 7) is 3.98. The predicted molar refractivity (Wildman–Crippen MR) is 127 cm³/mol. The third-order valence-corrected chi connectivity index (χ3v) is 5.77. The first-order valence-electron chi connectivity index (χ1n) is 9.55. The van der Waals surface area contributed by atoms with Crippen LogP contribution < -0.4 is 0 Å². The molecule has 3 aromatic rings. The van der Waals surface area contributed by atoms with E-state index in [2.05, 4.69) is 11.6 Å². The minimum atomic E-state index is -1.04. The van der Waals surface area contributed by atoms with Crippen LogP contribution >= 0.6 is 23.4 Å². The zero-order valence-corrected chi connectivity index (χ0v) is 18.3. The first kappa shape index (κ1) is 21.7. The zero-order chi connectivity index (χ0) is 22.7.